The summed E-state index contributed by atoms with van der Waals surface area (Å²) in [6.45, 7) is 1.90. The fraction of sp³-hybridized carbons (Fsp3) is 0.600. The largest absolute Gasteiger partial charge is 0.480 e. The Hall–Kier alpha value is -3.52. The van der Waals surface area contributed by atoms with Gasteiger partial charge in [0.2, 0.25) is 23.6 Å². The number of nitrogens with zero attached hydrogens (tertiary/aromatic N) is 1. The van der Waals surface area contributed by atoms with Crippen LogP contribution >= 0.6 is 0 Å². The molecule has 0 saturated carbocycles. The molecule has 0 radical (unpaired) electrons. The zero-order valence-corrected chi connectivity index (χ0v) is 18.7. The average Bonchev–Trinajstić information content (AvgIpc) is 3.47. The first-order valence-electron chi connectivity index (χ1n) is 10.9. The van der Waals surface area contributed by atoms with Gasteiger partial charge in [0.05, 0.1) is 18.5 Å². The standard InChI is InChI=1S/C20H31N7O7/c1-10(28)16(19(32)26-14(20(33)34)7-11-8-22-9-24-11)27-18(31)13(4-5-15(21)29)25-17(30)12-3-2-6-23-12/h8-10,12-14,16,23,28H,2-7H2,1H3,(H2,21,29)(H,22,24)(H,25,30)(H,26,32)(H,27,31)(H,33,34). The molecule has 1 saturated heterocycles. The van der Waals surface area contributed by atoms with Crippen LogP contribution < -0.4 is 27.0 Å². The number of hydrogen-bond acceptors (Lipinski definition) is 8. The van der Waals surface area contributed by atoms with Crippen molar-refractivity contribution in [3.05, 3.63) is 18.2 Å². The molecule has 188 valence electrons. The van der Waals surface area contributed by atoms with E-state index in [0.717, 1.165) is 6.42 Å². The van der Waals surface area contributed by atoms with Gasteiger partial charge < -0.3 is 42.2 Å². The van der Waals surface area contributed by atoms with E-state index >= 15 is 0 Å². The number of primary amides is 1. The second-order valence-corrected chi connectivity index (χ2v) is 8.12. The summed E-state index contributed by atoms with van der Waals surface area (Å²) in [5.41, 5.74) is 5.63. The minimum Gasteiger partial charge on any atom is -0.480 e. The molecule has 14 heteroatoms. The van der Waals surface area contributed by atoms with Crippen LogP contribution in [0.15, 0.2) is 12.5 Å². The number of aliphatic hydroxyl groups is 1. The molecule has 5 atom stereocenters. The predicted molar refractivity (Wildman–Crippen MR) is 117 cm³/mol. The summed E-state index contributed by atoms with van der Waals surface area (Å²) in [6.07, 6.45) is 2.32. The highest BCUT2D eigenvalue weighted by molar-refractivity contribution is 5.94. The molecule has 0 spiro atoms. The molecule has 1 aliphatic heterocycles. The van der Waals surface area contributed by atoms with Crippen molar-refractivity contribution in [1.29, 1.82) is 0 Å². The van der Waals surface area contributed by atoms with E-state index in [1.807, 2.05) is 0 Å². The molecule has 34 heavy (non-hydrogen) atoms. The number of nitrogens with one attached hydrogen (secondary N) is 5. The van der Waals surface area contributed by atoms with Crippen LogP contribution in [0.2, 0.25) is 0 Å². The van der Waals surface area contributed by atoms with E-state index in [-0.39, 0.29) is 19.3 Å². The van der Waals surface area contributed by atoms with Gasteiger partial charge in [0, 0.05) is 24.7 Å². The Morgan fingerprint density at radius 3 is 2.44 bits per heavy atom. The highest BCUT2D eigenvalue weighted by Crippen LogP contribution is 2.08. The Kier molecular flexibility index (Phi) is 9.94. The molecule has 4 amide bonds. The molecule has 1 aliphatic rings. The van der Waals surface area contributed by atoms with Crippen molar-refractivity contribution in [2.75, 3.05) is 6.54 Å². The normalized spacial score (nSPS) is 18.8. The van der Waals surface area contributed by atoms with Gasteiger partial charge in [-0.3, -0.25) is 19.2 Å². The number of H-pyrrole nitrogens is 1. The SMILES string of the molecule is CC(O)C(NC(=O)C(CCC(N)=O)NC(=O)C1CCCN1)C(=O)NC(Cc1cnc[nH]1)C(=O)O. The predicted octanol–water partition coefficient (Wildman–Crippen LogP) is -3.11. The lowest BCUT2D eigenvalue weighted by molar-refractivity contribution is -0.143. The first-order valence-corrected chi connectivity index (χ1v) is 10.9. The van der Waals surface area contributed by atoms with Crippen LogP contribution in [0.3, 0.4) is 0 Å². The van der Waals surface area contributed by atoms with Gasteiger partial charge in [-0.05, 0) is 32.7 Å². The quantitative estimate of drug-likeness (QED) is 0.142. The third-order valence-electron chi connectivity index (χ3n) is 5.35. The van der Waals surface area contributed by atoms with Gasteiger partial charge in [0.15, 0.2) is 0 Å². The maximum Gasteiger partial charge on any atom is 0.326 e. The number of hydrogen-bond donors (Lipinski definition) is 8. The fourth-order valence-electron chi connectivity index (χ4n) is 3.47. The Bertz CT molecular complexity index is 869. The number of aliphatic hydroxyl groups excluding tert-OH is 1. The van der Waals surface area contributed by atoms with Crippen LogP contribution in [0.5, 0.6) is 0 Å². The summed E-state index contributed by atoms with van der Waals surface area (Å²) < 4.78 is 0. The van der Waals surface area contributed by atoms with Crippen molar-refractivity contribution in [2.24, 2.45) is 5.73 Å². The Morgan fingerprint density at radius 1 is 1.18 bits per heavy atom. The molecular formula is C20H31N7O7. The van der Waals surface area contributed by atoms with Crippen LogP contribution in [0.4, 0.5) is 0 Å². The van der Waals surface area contributed by atoms with Gasteiger partial charge in [-0.15, -0.1) is 0 Å². The summed E-state index contributed by atoms with van der Waals surface area (Å²) >= 11 is 0. The first kappa shape index (κ1) is 26.7. The van der Waals surface area contributed by atoms with Gasteiger partial charge in [-0.2, -0.15) is 0 Å². The fourth-order valence-corrected chi connectivity index (χ4v) is 3.47. The maximum atomic E-state index is 12.9. The lowest BCUT2D eigenvalue weighted by atomic mass is 10.1. The number of carbonyl (C=O) groups excluding carboxylic acids is 4. The van der Waals surface area contributed by atoms with Crippen molar-refractivity contribution in [3.63, 3.8) is 0 Å². The molecule has 1 aromatic heterocycles. The summed E-state index contributed by atoms with van der Waals surface area (Å²) in [6, 6.07) is -4.56. The molecule has 2 heterocycles. The van der Waals surface area contributed by atoms with Gasteiger partial charge in [-0.1, -0.05) is 0 Å². The van der Waals surface area contributed by atoms with Crippen molar-refractivity contribution < 1.29 is 34.2 Å². The van der Waals surface area contributed by atoms with Gasteiger partial charge >= 0.3 is 5.97 Å². The second kappa shape index (κ2) is 12.6. The lowest BCUT2D eigenvalue weighted by Crippen LogP contribution is -2.60. The molecule has 0 aromatic carbocycles. The van der Waals surface area contributed by atoms with Crippen LogP contribution in [0.25, 0.3) is 0 Å². The summed E-state index contributed by atoms with van der Waals surface area (Å²) in [7, 11) is 0. The summed E-state index contributed by atoms with van der Waals surface area (Å²) in [5.74, 6) is -4.21. The molecule has 0 aliphatic carbocycles. The first-order chi connectivity index (χ1) is 16.1. The molecule has 9 N–H and O–H groups in total. The topological polar surface area (TPSA) is 229 Å². The second-order valence-electron chi connectivity index (χ2n) is 8.12. The minimum atomic E-state index is -1.52. The van der Waals surface area contributed by atoms with Crippen LogP contribution in [0.1, 0.15) is 38.3 Å². The van der Waals surface area contributed by atoms with Gasteiger partial charge in [0.1, 0.15) is 18.1 Å². The van der Waals surface area contributed by atoms with Gasteiger partial charge in [0.25, 0.3) is 0 Å². The molecular weight excluding hydrogens is 450 g/mol. The number of aromatic amines is 1. The highest BCUT2D eigenvalue weighted by atomic mass is 16.4. The number of aromatic nitrogens is 2. The van der Waals surface area contributed by atoms with Crippen molar-refractivity contribution >= 4 is 29.6 Å². The zero-order valence-electron chi connectivity index (χ0n) is 18.7. The zero-order chi connectivity index (χ0) is 25.3. The number of carboxylic acid groups (broad SMARTS) is 1. The van der Waals surface area contributed by atoms with E-state index in [4.69, 9.17) is 5.73 Å². The van der Waals surface area contributed by atoms with Crippen molar-refractivity contribution in [3.8, 4) is 0 Å². The third kappa shape index (κ3) is 8.12. The van der Waals surface area contributed by atoms with Gasteiger partial charge in [-0.25, -0.2) is 9.78 Å². The third-order valence-corrected chi connectivity index (χ3v) is 5.35. The van der Waals surface area contributed by atoms with Crippen LogP contribution in [-0.4, -0.2) is 86.6 Å². The highest BCUT2D eigenvalue weighted by Gasteiger charge is 2.33. The number of carboxylic acids is 1. The van der Waals surface area contributed by atoms with Crippen LogP contribution in [-0.2, 0) is 30.4 Å². The molecule has 14 nitrogen and oxygen atoms in total. The van der Waals surface area contributed by atoms with Crippen LogP contribution in [0, 0.1) is 0 Å². The van der Waals surface area contributed by atoms with E-state index in [2.05, 4.69) is 31.2 Å². The van der Waals surface area contributed by atoms with E-state index in [0.29, 0.717) is 18.7 Å². The molecule has 1 fully saturated rings. The Morgan fingerprint density at radius 2 is 1.91 bits per heavy atom. The van der Waals surface area contributed by atoms with Crippen molar-refractivity contribution in [1.82, 2.24) is 31.2 Å². The van der Waals surface area contributed by atoms with E-state index in [9.17, 15) is 34.2 Å². The number of nitrogens with two attached hydrogens (primary N) is 1. The van der Waals surface area contributed by atoms with E-state index < -0.39 is 59.9 Å². The Balaban J connectivity index is 2.08. The summed E-state index contributed by atoms with van der Waals surface area (Å²) in [4.78, 5) is 67.4. The minimum absolute atomic E-state index is 0.104. The number of carbonyl (C=O) groups is 5. The molecule has 1 aromatic rings. The average molecular weight is 482 g/mol. The molecule has 5 unspecified atom stereocenters. The number of amides is 4. The lowest BCUT2D eigenvalue weighted by Gasteiger charge is -2.26. The number of rotatable bonds is 13. The van der Waals surface area contributed by atoms with Crippen molar-refractivity contribution in [2.45, 2.75) is 69.3 Å². The smallest absolute Gasteiger partial charge is 0.326 e. The number of aliphatic carboxylic acids is 1. The monoisotopic (exact) mass is 481 g/mol. The Labute approximate surface area is 195 Å². The van der Waals surface area contributed by atoms with E-state index in [1.165, 1.54) is 19.4 Å². The number of imidazole rings is 1. The molecule has 0 bridgehead atoms. The maximum absolute atomic E-state index is 12.9. The van der Waals surface area contributed by atoms with E-state index in [1.54, 1.807) is 0 Å². The summed E-state index contributed by atoms with van der Waals surface area (Å²) in [5, 5.41) is 29.7. The molecule has 2 rings (SSSR count).